The summed E-state index contributed by atoms with van der Waals surface area (Å²) in [5.74, 6) is 0.718. The maximum Gasteiger partial charge on any atom is 0.0931 e. The molecule has 1 aliphatic heterocycles. The van der Waals surface area contributed by atoms with Crippen LogP contribution >= 0.6 is 11.3 Å². The van der Waals surface area contributed by atoms with Gasteiger partial charge in [-0.25, -0.2) is 4.98 Å². The molecule has 3 heteroatoms. The van der Waals surface area contributed by atoms with Crippen LogP contribution in [-0.2, 0) is 17.6 Å². The van der Waals surface area contributed by atoms with Gasteiger partial charge in [0.25, 0.3) is 0 Å². The van der Waals surface area contributed by atoms with E-state index in [1.807, 2.05) is 11.3 Å². The minimum Gasteiger partial charge on any atom is -0.381 e. The molecule has 1 aromatic rings. The van der Waals surface area contributed by atoms with Crippen LogP contribution in [-0.4, -0.2) is 18.2 Å². The minimum absolute atomic E-state index is 0.718. The van der Waals surface area contributed by atoms with Crippen LogP contribution in [0.2, 0.25) is 0 Å². The molecule has 0 saturated carbocycles. The zero-order valence-electron chi connectivity index (χ0n) is 8.66. The molecule has 0 bridgehead atoms. The summed E-state index contributed by atoms with van der Waals surface area (Å²) < 4.78 is 5.36. The van der Waals surface area contributed by atoms with Gasteiger partial charge in [-0.1, -0.05) is 13.3 Å². The first-order valence-corrected chi connectivity index (χ1v) is 6.27. The Morgan fingerprint density at radius 1 is 1.64 bits per heavy atom. The fourth-order valence-corrected chi connectivity index (χ4v) is 2.75. The van der Waals surface area contributed by atoms with Gasteiger partial charge in [-0.05, 0) is 18.8 Å². The monoisotopic (exact) mass is 211 g/mol. The molecule has 2 rings (SSSR count). The first kappa shape index (κ1) is 10.1. The lowest BCUT2D eigenvalue weighted by atomic mass is 10.1. The van der Waals surface area contributed by atoms with Crippen molar-refractivity contribution < 1.29 is 4.74 Å². The number of nitrogens with zero attached hydrogens (tertiary/aromatic N) is 1. The van der Waals surface area contributed by atoms with Crippen LogP contribution in [0.15, 0.2) is 5.38 Å². The van der Waals surface area contributed by atoms with Crippen molar-refractivity contribution in [3.63, 3.8) is 0 Å². The van der Waals surface area contributed by atoms with Crippen molar-refractivity contribution in [2.75, 3.05) is 13.2 Å². The first-order valence-electron chi connectivity index (χ1n) is 5.39. The molecule has 0 N–H and O–H groups in total. The van der Waals surface area contributed by atoms with Crippen LogP contribution in [0.1, 0.15) is 30.5 Å². The van der Waals surface area contributed by atoms with Gasteiger partial charge in [-0.15, -0.1) is 11.3 Å². The SMILES string of the molecule is CCCc1csc(CC2CCOC2)n1. The van der Waals surface area contributed by atoms with Gasteiger partial charge < -0.3 is 4.74 Å². The predicted octanol–water partition coefficient (Wildman–Crippen LogP) is 2.67. The maximum absolute atomic E-state index is 5.36. The Kier molecular flexibility index (Phi) is 3.54. The number of aryl methyl sites for hydroxylation is 1. The Balaban J connectivity index is 1.88. The molecule has 1 atom stereocenters. The Labute approximate surface area is 89.3 Å². The van der Waals surface area contributed by atoms with Crippen LogP contribution in [0.3, 0.4) is 0 Å². The average Bonchev–Trinajstić information content (AvgIpc) is 2.79. The average molecular weight is 211 g/mol. The minimum atomic E-state index is 0.718. The molecule has 2 nitrogen and oxygen atoms in total. The van der Waals surface area contributed by atoms with Gasteiger partial charge in [-0.3, -0.25) is 0 Å². The van der Waals surface area contributed by atoms with Crippen molar-refractivity contribution in [1.29, 1.82) is 0 Å². The Morgan fingerprint density at radius 3 is 3.29 bits per heavy atom. The number of thiazole rings is 1. The summed E-state index contributed by atoms with van der Waals surface area (Å²) in [7, 11) is 0. The summed E-state index contributed by atoms with van der Waals surface area (Å²) in [6.07, 6.45) is 4.64. The van der Waals surface area contributed by atoms with E-state index in [2.05, 4.69) is 17.3 Å². The smallest absolute Gasteiger partial charge is 0.0931 e. The molecule has 0 aliphatic carbocycles. The van der Waals surface area contributed by atoms with Crippen molar-refractivity contribution >= 4 is 11.3 Å². The van der Waals surface area contributed by atoms with Crippen LogP contribution in [0.25, 0.3) is 0 Å². The summed E-state index contributed by atoms with van der Waals surface area (Å²) in [5, 5.41) is 3.50. The molecule has 1 saturated heterocycles. The van der Waals surface area contributed by atoms with E-state index in [0.29, 0.717) is 0 Å². The molecule has 0 spiro atoms. The lowest BCUT2D eigenvalue weighted by molar-refractivity contribution is 0.186. The fourth-order valence-electron chi connectivity index (χ4n) is 1.80. The zero-order chi connectivity index (χ0) is 9.80. The number of hydrogen-bond acceptors (Lipinski definition) is 3. The van der Waals surface area contributed by atoms with Crippen LogP contribution in [0.5, 0.6) is 0 Å². The van der Waals surface area contributed by atoms with Crippen LogP contribution < -0.4 is 0 Å². The topological polar surface area (TPSA) is 22.1 Å². The van der Waals surface area contributed by atoms with Crippen molar-refractivity contribution in [2.45, 2.75) is 32.6 Å². The number of ether oxygens (including phenoxy) is 1. The molecule has 1 aliphatic rings. The van der Waals surface area contributed by atoms with E-state index in [1.54, 1.807) is 0 Å². The molecule has 1 fully saturated rings. The van der Waals surface area contributed by atoms with Crippen molar-refractivity contribution in [3.8, 4) is 0 Å². The molecule has 2 heterocycles. The summed E-state index contributed by atoms with van der Waals surface area (Å²) in [4.78, 5) is 4.63. The van der Waals surface area contributed by atoms with E-state index in [1.165, 1.54) is 23.5 Å². The highest BCUT2D eigenvalue weighted by atomic mass is 32.1. The fraction of sp³-hybridized carbons (Fsp3) is 0.727. The third-order valence-electron chi connectivity index (χ3n) is 2.59. The molecule has 0 aromatic carbocycles. The van der Waals surface area contributed by atoms with Gasteiger partial charge in [-0.2, -0.15) is 0 Å². The Hall–Kier alpha value is -0.410. The summed E-state index contributed by atoms with van der Waals surface area (Å²) in [6.45, 7) is 4.07. The quantitative estimate of drug-likeness (QED) is 0.764. The van der Waals surface area contributed by atoms with Crippen molar-refractivity contribution in [2.24, 2.45) is 5.92 Å². The second-order valence-corrected chi connectivity index (χ2v) is 4.86. The Morgan fingerprint density at radius 2 is 2.57 bits per heavy atom. The maximum atomic E-state index is 5.36. The van der Waals surface area contributed by atoms with Crippen molar-refractivity contribution in [1.82, 2.24) is 4.98 Å². The Bertz CT molecular complexity index is 279. The molecule has 14 heavy (non-hydrogen) atoms. The zero-order valence-corrected chi connectivity index (χ0v) is 9.48. The summed E-state index contributed by atoms with van der Waals surface area (Å²) in [5.41, 5.74) is 1.27. The van der Waals surface area contributed by atoms with Gasteiger partial charge in [0.05, 0.1) is 10.7 Å². The van der Waals surface area contributed by atoms with Crippen LogP contribution in [0.4, 0.5) is 0 Å². The van der Waals surface area contributed by atoms with Crippen molar-refractivity contribution in [3.05, 3.63) is 16.1 Å². The van der Waals surface area contributed by atoms with Gasteiger partial charge in [0.1, 0.15) is 0 Å². The highest BCUT2D eigenvalue weighted by molar-refractivity contribution is 7.09. The van der Waals surface area contributed by atoms with E-state index in [9.17, 15) is 0 Å². The molecular formula is C11H17NOS. The normalized spacial score (nSPS) is 21.6. The van der Waals surface area contributed by atoms with E-state index >= 15 is 0 Å². The largest absolute Gasteiger partial charge is 0.381 e. The third kappa shape index (κ3) is 2.55. The van der Waals surface area contributed by atoms with E-state index in [0.717, 1.165) is 32.0 Å². The van der Waals surface area contributed by atoms with Gasteiger partial charge >= 0.3 is 0 Å². The number of rotatable bonds is 4. The molecule has 0 radical (unpaired) electrons. The second-order valence-electron chi connectivity index (χ2n) is 3.92. The van der Waals surface area contributed by atoms with E-state index in [-0.39, 0.29) is 0 Å². The third-order valence-corrected chi connectivity index (χ3v) is 3.51. The highest BCUT2D eigenvalue weighted by Crippen LogP contribution is 2.21. The standard InChI is InChI=1S/C11H17NOS/c1-2-3-10-8-14-11(12-10)6-9-4-5-13-7-9/h8-9H,2-7H2,1H3. The molecule has 78 valence electrons. The van der Waals surface area contributed by atoms with Gasteiger partial charge in [0.2, 0.25) is 0 Å². The highest BCUT2D eigenvalue weighted by Gasteiger charge is 2.17. The molecule has 1 aromatic heterocycles. The van der Waals surface area contributed by atoms with Gasteiger partial charge in [0.15, 0.2) is 0 Å². The van der Waals surface area contributed by atoms with E-state index in [4.69, 9.17) is 4.74 Å². The lowest BCUT2D eigenvalue weighted by Crippen LogP contribution is -2.03. The molecule has 0 amide bonds. The van der Waals surface area contributed by atoms with Crippen LogP contribution in [0, 0.1) is 5.92 Å². The molecular weight excluding hydrogens is 194 g/mol. The second kappa shape index (κ2) is 4.89. The van der Waals surface area contributed by atoms with Gasteiger partial charge in [0, 0.05) is 25.0 Å². The van der Waals surface area contributed by atoms with E-state index < -0.39 is 0 Å². The summed E-state index contributed by atoms with van der Waals surface area (Å²) in [6, 6.07) is 0. The lowest BCUT2D eigenvalue weighted by Gasteiger charge is -2.02. The predicted molar refractivity (Wildman–Crippen MR) is 58.7 cm³/mol. The first-order chi connectivity index (χ1) is 6.88. The number of aromatic nitrogens is 1. The summed E-state index contributed by atoms with van der Waals surface area (Å²) >= 11 is 1.81. The number of hydrogen-bond donors (Lipinski definition) is 0. The molecule has 1 unspecified atom stereocenters.